The minimum absolute atomic E-state index is 0.678. The minimum Gasteiger partial charge on any atom is -0.427 e. The van der Waals surface area contributed by atoms with Gasteiger partial charge in [-0.1, -0.05) is 48.0 Å². The van der Waals surface area contributed by atoms with Crippen LogP contribution >= 0.6 is 11.6 Å². The predicted octanol–water partition coefficient (Wildman–Crippen LogP) is 3.82. The molecule has 2 nitrogen and oxygen atoms in total. The van der Waals surface area contributed by atoms with Crippen LogP contribution in [0.25, 0.3) is 11.1 Å². The lowest BCUT2D eigenvalue weighted by Crippen LogP contribution is -2.49. The Hall–Kier alpha value is -1.29. The molecular formula is C18H21BClO2. The fourth-order valence-electron chi connectivity index (χ4n) is 1.85. The van der Waals surface area contributed by atoms with Crippen LogP contribution in [-0.2, 0) is 4.65 Å². The summed E-state index contributed by atoms with van der Waals surface area (Å²) in [6.45, 7) is 7.20. The van der Waals surface area contributed by atoms with E-state index in [1.54, 1.807) is 21.3 Å². The Balaban J connectivity index is 2.29. The molecule has 115 valence electrons. The van der Waals surface area contributed by atoms with Gasteiger partial charge in [-0.2, -0.15) is 0 Å². The van der Waals surface area contributed by atoms with Crippen molar-refractivity contribution in [1.29, 1.82) is 0 Å². The van der Waals surface area contributed by atoms with Crippen LogP contribution in [0.5, 0.6) is 0 Å². The van der Waals surface area contributed by atoms with E-state index in [-0.39, 0.29) is 0 Å². The maximum absolute atomic E-state index is 10.2. The molecule has 0 fully saturated rings. The average Bonchev–Trinajstić information content (AvgIpc) is 2.45. The van der Waals surface area contributed by atoms with Crippen molar-refractivity contribution in [3.8, 4) is 11.1 Å². The Morgan fingerprint density at radius 2 is 1.64 bits per heavy atom. The predicted molar refractivity (Wildman–Crippen MR) is 93.7 cm³/mol. The van der Waals surface area contributed by atoms with E-state index in [0.29, 0.717) is 5.02 Å². The van der Waals surface area contributed by atoms with E-state index in [2.05, 4.69) is 0 Å². The Morgan fingerprint density at radius 1 is 1.00 bits per heavy atom. The van der Waals surface area contributed by atoms with E-state index in [9.17, 15) is 5.11 Å². The molecular weight excluding hydrogens is 294 g/mol. The molecule has 0 saturated carbocycles. The van der Waals surface area contributed by atoms with Crippen LogP contribution in [0.2, 0.25) is 5.02 Å². The highest BCUT2D eigenvalue weighted by molar-refractivity contribution is 6.50. The molecule has 0 aliphatic heterocycles. The Labute approximate surface area is 138 Å². The molecule has 0 bridgehead atoms. The second-order valence-corrected chi connectivity index (χ2v) is 6.84. The van der Waals surface area contributed by atoms with Crippen LogP contribution in [0.3, 0.4) is 0 Å². The van der Waals surface area contributed by atoms with Crippen LogP contribution in [-0.4, -0.2) is 23.8 Å². The van der Waals surface area contributed by atoms with E-state index in [1.807, 2.05) is 62.4 Å². The summed E-state index contributed by atoms with van der Waals surface area (Å²) in [5.41, 5.74) is 1.33. The average molecular weight is 316 g/mol. The van der Waals surface area contributed by atoms with Crippen molar-refractivity contribution in [2.75, 3.05) is 0 Å². The zero-order valence-electron chi connectivity index (χ0n) is 13.4. The molecule has 1 N–H and O–H groups in total. The van der Waals surface area contributed by atoms with Gasteiger partial charge < -0.3 is 9.76 Å². The van der Waals surface area contributed by atoms with Gasteiger partial charge in [0.25, 0.3) is 0 Å². The summed E-state index contributed by atoms with van der Waals surface area (Å²) in [4.78, 5) is 0. The second kappa shape index (κ2) is 6.45. The summed E-state index contributed by atoms with van der Waals surface area (Å²) < 4.78 is 5.86. The van der Waals surface area contributed by atoms with Gasteiger partial charge in [0.15, 0.2) is 0 Å². The van der Waals surface area contributed by atoms with Gasteiger partial charge in [-0.3, -0.25) is 0 Å². The summed E-state index contributed by atoms with van der Waals surface area (Å²) in [6, 6.07) is 15.7. The molecule has 0 aromatic heterocycles. The molecule has 22 heavy (non-hydrogen) atoms. The van der Waals surface area contributed by atoms with Crippen molar-refractivity contribution in [2.24, 2.45) is 0 Å². The lowest BCUT2D eigenvalue weighted by atomic mass is 9.79. The Bertz CT molecular complexity index is 633. The topological polar surface area (TPSA) is 29.5 Å². The summed E-state index contributed by atoms with van der Waals surface area (Å²) in [5.74, 6) is 0. The number of aliphatic hydroxyl groups is 1. The first-order valence-corrected chi connectivity index (χ1v) is 7.67. The Kier molecular flexibility index (Phi) is 5.01. The molecule has 2 aromatic carbocycles. The van der Waals surface area contributed by atoms with Gasteiger partial charge in [-0.25, -0.2) is 0 Å². The first-order chi connectivity index (χ1) is 10.2. The quantitative estimate of drug-likeness (QED) is 0.850. The van der Waals surface area contributed by atoms with Gasteiger partial charge in [-0.15, -0.1) is 0 Å². The highest BCUT2D eigenvalue weighted by Gasteiger charge is 2.35. The molecule has 0 unspecified atom stereocenters. The van der Waals surface area contributed by atoms with Crippen LogP contribution in [0.1, 0.15) is 27.7 Å². The molecule has 2 rings (SSSR count). The van der Waals surface area contributed by atoms with Gasteiger partial charge in [0.1, 0.15) is 0 Å². The SMILES string of the molecule is CC(C)(O)C(C)(C)O[B]c1ccc(Cl)cc1-c1ccccc1. The smallest absolute Gasteiger partial charge is 0.331 e. The van der Waals surface area contributed by atoms with Crippen LogP contribution < -0.4 is 5.46 Å². The lowest BCUT2D eigenvalue weighted by molar-refractivity contribution is -0.0893. The first-order valence-electron chi connectivity index (χ1n) is 7.29. The van der Waals surface area contributed by atoms with Crippen molar-refractivity contribution in [3.63, 3.8) is 0 Å². The molecule has 0 heterocycles. The molecule has 0 aliphatic rings. The summed E-state index contributed by atoms with van der Waals surface area (Å²) in [5, 5.41) is 10.9. The zero-order valence-corrected chi connectivity index (χ0v) is 14.2. The van der Waals surface area contributed by atoms with Gasteiger partial charge in [0, 0.05) is 5.02 Å². The maximum atomic E-state index is 10.2. The number of benzene rings is 2. The first kappa shape index (κ1) is 17.1. The lowest BCUT2D eigenvalue weighted by Gasteiger charge is -2.37. The summed E-state index contributed by atoms with van der Waals surface area (Å²) in [6.07, 6.45) is 0. The largest absolute Gasteiger partial charge is 0.427 e. The van der Waals surface area contributed by atoms with Crippen molar-refractivity contribution < 1.29 is 9.76 Å². The van der Waals surface area contributed by atoms with Gasteiger partial charge in [-0.05, 0) is 56.4 Å². The standard InChI is InChI=1S/C18H21BClO2/c1-17(2,21)18(3,4)22-19-16-11-10-14(20)12-15(16)13-8-6-5-7-9-13/h5-12,21H,1-4H3. The highest BCUT2D eigenvalue weighted by atomic mass is 35.5. The molecule has 0 spiro atoms. The van der Waals surface area contributed by atoms with Gasteiger partial charge in [0.2, 0.25) is 0 Å². The van der Waals surface area contributed by atoms with Crippen LogP contribution in [0.4, 0.5) is 0 Å². The van der Waals surface area contributed by atoms with E-state index in [1.165, 1.54) is 0 Å². The van der Waals surface area contributed by atoms with E-state index in [0.717, 1.165) is 16.6 Å². The van der Waals surface area contributed by atoms with Crippen molar-refractivity contribution >= 4 is 24.5 Å². The van der Waals surface area contributed by atoms with Gasteiger partial charge >= 0.3 is 7.48 Å². The third kappa shape index (κ3) is 3.92. The molecule has 2 aromatic rings. The third-order valence-electron chi connectivity index (χ3n) is 4.05. The molecule has 0 amide bonds. The maximum Gasteiger partial charge on any atom is 0.331 e. The third-order valence-corrected chi connectivity index (χ3v) is 4.29. The molecule has 0 saturated heterocycles. The number of hydrogen-bond donors (Lipinski definition) is 1. The molecule has 0 aliphatic carbocycles. The fourth-order valence-corrected chi connectivity index (χ4v) is 2.03. The Morgan fingerprint density at radius 3 is 2.23 bits per heavy atom. The van der Waals surface area contributed by atoms with Crippen molar-refractivity contribution in [1.82, 2.24) is 0 Å². The molecule has 4 heteroatoms. The zero-order chi connectivity index (χ0) is 16.4. The van der Waals surface area contributed by atoms with Crippen LogP contribution in [0, 0.1) is 0 Å². The molecule has 1 radical (unpaired) electrons. The summed E-state index contributed by atoms with van der Waals surface area (Å²) in [7, 11) is 1.69. The van der Waals surface area contributed by atoms with Crippen molar-refractivity contribution in [3.05, 3.63) is 53.6 Å². The fraction of sp³-hybridized carbons (Fsp3) is 0.333. The summed E-state index contributed by atoms with van der Waals surface area (Å²) >= 11 is 6.13. The van der Waals surface area contributed by atoms with Gasteiger partial charge in [0.05, 0.1) is 11.2 Å². The van der Waals surface area contributed by atoms with E-state index < -0.39 is 11.2 Å². The monoisotopic (exact) mass is 315 g/mol. The van der Waals surface area contributed by atoms with Crippen LogP contribution in [0.15, 0.2) is 48.5 Å². The number of rotatable bonds is 5. The second-order valence-electron chi connectivity index (χ2n) is 6.40. The van der Waals surface area contributed by atoms with Crippen molar-refractivity contribution in [2.45, 2.75) is 38.9 Å². The normalized spacial score (nSPS) is 12.3. The van der Waals surface area contributed by atoms with E-state index in [4.69, 9.17) is 16.3 Å². The highest BCUT2D eigenvalue weighted by Crippen LogP contribution is 2.25. The minimum atomic E-state index is -0.956. The van der Waals surface area contributed by atoms with E-state index >= 15 is 0 Å². The number of halogens is 1. The molecule has 0 atom stereocenters. The number of hydrogen-bond acceptors (Lipinski definition) is 2.